The maximum absolute atomic E-state index is 11.0. The van der Waals surface area contributed by atoms with Crippen molar-refractivity contribution in [2.45, 2.75) is 32.2 Å². The monoisotopic (exact) mass is 263 g/mol. The Bertz CT molecular complexity index is 437. The fraction of sp³-hybridized carbons (Fsp3) is 0.533. The van der Waals surface area contributed by atoms with Gasteiger partial charge >= 0.3 is 5.97 Å². The van der Waals surface area contributed by atoms with E-state index >= 15 is 0 Å². The molecule has 1 fully saturated rings. The van der Waals surface area contributed by atoms with Gasteiger partial charge in [-0.15, -0.1) is 0 Å². The standard InChI is InChI=1S/C15H21NO3/c1-19-14-10-12(6-7-13(14)15(17)18)11-16-8-4-2-3-5-9-16/h6-7,10H,2-5,8-9,11H2,1H3,(H,17,18). The zero-order chi connectivity index (χ0) is 13.7. The lowest BCUT2D eigenvalue weighted by atomic mass is 10.1. The van der Waals surface area contributed by atoms with E-state index in [1.807, 2.05) is 12.1 Å². The average Bonchev–Trinajstić information content (AvgIpc) is 2.67. The summed E-state index contributed by atoms with van der Waals surface area (Å²) in [5.74, 6) is -0.502. The van der Waals surface area contributed by atoms with Crippen LogP contribution in [0.15, 0.2) is 18.2 Å². The molecule has 0 saturated carbocycles. The number of benzene rings is 1. The fourth-order valence-corrected chi connectivity index (χ4v) is 2.56. The van der Waals surface area contributed by atoms with Crippen molar-refractivity contribution in [3.63, 3.8) is 0 Å². The first kappa shape index (κ1) is 13.9. The van der Waals surface area contributed by atoms with E-state index in [1.165, 1.54) is 32.8 Å². The van der Waals surface area contributed by atoms with Crippen molar-refractivity contribution in [3.05, 3.63) is 29.3 Å². The molecule has 1 heterocycles. The lowest BCUT2D eigenvalue weighted by Gasteiger charge is -2.20. The summed E-state index contributed by atoms with van der Waals surface area (Å²) in [4.78, 5) is 13.5. The van der Waals surface area contributed by atoms with E-state index < -0.39 is 5.97 Å². The van der Waals surface area contributed by atoms with Crippen molar-refractivity contribution in [2.24, 2.45) is 0 Å². The number of rotatable bonds is 4. The molecule has 1 aliphatic rings. The molecule has 0 amide bonds. The third-order valence-electron chi connectivity index (χ3n) is 3.60. The fourth-order valence-electron chi connectivity index (χ4n) is 2.56. The molecule has 1 aliphatic heterocycles. The number of likely N-dealkylation sites (tertiary alicyclic amines) is 1. The molecule has 19 heavy (non-hydrogen) atoms. The molecule has 2 rings (SSSR count). The molecule has 0 bridgehead atoms. The first-order chi connectivity index (χ1) is 9.20. The summed E-state index contributed by atoms with van der Waals surface area (Å²) >= 11 is 0. The molecular formula is C15H21NO3. The highest BCUT2D eigenvalue weighted by atomic mass is 16.5. The quantitative estimate of drug-likeness (QED) is 0.907. The predicted octanol–water partition coefficient (Wildman–Crippen LogP) is 2.77. The van der Waals surface area contributed by atoms with Gasteiger partial charge in [0, 0.05) is 6.54 Å². The van der Waals surface area contributed by atoms with E-state index in [9.17, 15) is 4.79 Å². The lowest BCUT2D eigenvalue weighted by molar-refractivity contribution is 0.0693. The summed E-state index contributed by atoms with van der Waals surface area (Å²) in [7, 11) is 1.51. The number of carbonyl (C=O) groups is 1. The van der Waals surface area contributed by atoms with Gasteiger partial charge in [-0.2, -0.15) is 0 Å². The van der Waals surface area contributed by atoms with Gasteiger partial charge in [-0.1, -0.05) is 18.9 Å². The third kappa shape index (κ3) is 3.70. The predicted molar refractivity (Wildman–Crippen MR) is 73.7 cm³/mol. The third-order valence-corrected chi connectivity index (χ3v) is 3.60. The molecule has 0 spiro atoms. The Hall–Kier alpha value is -1.55. The highest BCUT2D eigenvalue weighted by Gasteiger charge is 2.14. The summed E-state index contributed by atoms with van der Waals surface area (Å²) in [6, 6.07) is 5.36. The topological polar surface area (TPSA) is 49.8 Å². The van der Waals surface area contributed by atoms with E-state index in [0.29, 0.717) is 5.75 Å². The molecule has 4 nitrogen and oxygen atoms in total. The van der Waals surface area contributed by atoms with Crippen LogP contribution in [-0.4, -0.2) is 36.2 Å². The summed E-state index contributed by atoms with van der Waals surface area (Å²) in [6.45, 7) is 3.13. The maximum atomic E-state index is 11.0. The number of hydrogen-bond donors (Lipinski definition) is 1. The number of aromatic carboxylic acids is 1. The van der Waals surface area contributed by atoms with Crippen LogP contribution in [-0.2, 0) is 6.54 Å². The van der Waals surface area contributed by atoms with Crippen LogP contribution in [0.25, 0.3) is 0 Å². The Labute approximate surface area is 114 Å². The highest BCUT2D eigenvalue weighted by Crippen LogP contribution is 2.22. The Kier molecular flexibility index (Phi) is 4.80. The first-order valence-corrected chi connectivity index (χ1v) is 6.83. The van der Waals surface area contributed by atoms with E-state index in [-0.39, 0.29) is 5.56 Å². The van der Waals surface area contributed by atoms with Gasteiger partial charge in [-0.05, 0) is 43.6 Å². The van der Waals surface area contributed by atoms with Gasteiger partial charge in [-0.25, -0.2) is 4.79 Å². The Balaban J connectivity index is 2.09. The minimum absolute atomic E-state index is 0.224. The molecule has 0 radical (unpaired) electrons. The smallest absolute Gasteiger partial charge is 0.339 e. The number of carboxylic acids is 1. The molecular weight excluding hydrogens is 242 g/mol. The molecule has 1 saturated heterocycles. The van der Waals surface area contributed by atoms with Crippen LogP contribution in [0, 0.1) is 0 Å². The van der Waals surface area contributed by atoms with Crippen molar-refractivity contribution in [1.82, 2.24) is 4.90 Å². The molecule has 0 atom stereocenters. The van der Waals surface area contributed by atoms with Gasteiger partial charge in [0.1, 0.15) is 11.3 Å². The van der Waals surface area contributed by atoms with Crippen LogP contribution in [0.1, 0.15) is 41.6 Å². The molecule has 0 aliphatic carbocycles. The van der Waals surface area contributed by atoms with Gasteiger partial charge in [-0.3, -0.25) is 4.90 Å². The van der Waals surface area contributed by atoms with E-state index in [2.05, 4.69) is 4.90 Å². The van der Waals surface area contributed by atoms with Crippen molar-refractivity contribution < 1.29 is 14.6 Å². The minimum atomic E-state index is -0.946. The second kappa shape index (κ2) is 6.57. The number of ether oxygens (including phenoxy) is 1. The van der Waals surface area contributed by atoms with Gasteiger partial charge < -0.3 is 9.84 Å². The number of carboxylic acid groups (broad SMARTS) is 1. The minimum Gasteiger partial charge on any atom is -0.496 e. The SMILES string of the molecule is COc1cc(CN2CCCCCC2)ccc1C(=O)O. The van der Waals surface area contributed by atoms with Crippen LogP contribution in [0.3, 0.4) is 0 Å². The van der Waals surface area contributed by atoms with Crippen molar-refractivity contribution in [3.8, 4) is 5.75 Å². The van der Waals surface area contributed by atoms with Crippen molar-refractivity contribution in [1.29, 1.82) is 0 Å². The number of hydrogen-bond acceptors (Lipinski definition) is 3. The lowest BCUT2D eigenvalue weighted by Crippen LogP contribution is -2.24. The highest BCUT2D eigenvalue weighted by molar-refractivity contribution is 5.90. The van der Waals surface area contributed by atoms with Crippen molar-refractivity contribution >= 4 is 5.97 Å². The normalized spacial score (nSPS) is 16.9. The van der Waals surface area contributed by atoms with Gasteiger partial charge in [0.15, 0.2) is 0 Å². The van der Waals surface area contributed by atoms with Gasteiger partial charge in [0.05, 0.1) is 7.11 Å². The molecule has 1 aromatic carbocycles. The van der Waals surface area contributed by atoms with E-state index in [0.717, 1.165) is 25.2 Å². The van der Waals surface area contributed by atoms with E-state index in [1.54, 1.807) is 6.07 Å². The Morgan fingerprint density at radius 3 is 2.53 bits per heavy atom. The Morgan fingerprint density at radius 1 is 1.26 bits per heavy atom. The average molecular weight is 263 g/mol. The zero-order valence-electron chi connectivity index (χ0n) is 11.4. The van der Waals surface area contributed by atoms with Crippen LogP contribution < -0.4 is 4.74 Å². The Morgan fingerprint density at radius 2 is 1.95 bits per heavy atom. The molecule has 1 N–H and O–H groups in total. The van der Waals surface area contributed by atoms with Gasteiger partial charge in [0.25, 0.3) is 0 Å². The summed E-state index contributed by atoms with van der Waals surface area (Å²) in [5, 5.41) is 9.06. The van der Waals surface area contributed by atoms with Crippen LogP contribution in [0.2, 0.25) is 0 Å². The second-order valence-electron chi connectivity index (χ2n) is 5.03. The number of nitrogens with zero attached hydrogens (tertiary/aromatic N) is 1. The number of methoxy groups -OCH3 is 1. The van der Waals surface area contributed by atoms with Crippen LogP contribution in [0.5, 0.6) is 5.75 Å². The molecule has 0 aromatic heterocycles. The van der Waals surface area contributed by atoms with Crippen molar-refractivity contribution in [2.75, 3.05) is 20.2 Å². The second-order valence-corrected chi connectivity index (χ2v) is 5.03. The molecule has 0 unspecified atom stereocenters. The van der Waals surface area contributed by atoms with E-state index in [4.69, 9.17) is 9.84 Å². The van der Waals surface area contributed by atoms with Crippen LogP contribution in [0.4, 0.5) is 0 Å². The molecule has 104 valence electrons. The summed E-state index contributed by atoms with van der Waals surface area (Å²) < 4.78 is 5.16. The zero-order valence-corrected chi connectivity index (χ0v) is 11.4. The summed E-state index contributed by atoms with van der Waals surface area (Å²) in [6.07, 6.45) is 5.14. The maximum Gasteiger partial charge on any atom is 0.339 e. The summed E-state index contributed by atoms with van der Waals surface area (Å²) in [5.41, 5.74) is 1.34. The molecule has 4 heteroatoms. The van der Waals surface area contributed by atoms with Crippen LogP contribution >= 0.6 is 0 Å². The molecule has 1 aromatic rings. The largest absolute Gasteiger partial charge is 0.496 e. The first-order valence-electron chi connectivity index (χ1n) is 6.83. The van der Waals surface area contributed by atoms with Gasteiger partial charge in [0.2, 0.25) is 0 Å².